The van der Waals surface area contributed by atoms with Crippen LogP contribution in [-0.2, 0) is 5.41 Å². The number of benzene rings is 1. The zero-order chi connectivity index (χ0) is 12.5. The highest BCUT2D eigenvalue weighted by Gasteiger charge is 2.24. The first-order chi connectivity index (χ1) is 7.99. The second-order valence-electron chi connectivity index (χ2n) is 6.18. The van der Waals surface area contributed by atoms with Crippen molar-refractivity contribution < 1.29 is 0 Å². The maximum atomic E-state index is 3.61. The van der Waals surface area contributed by atoms with Gasteiger partial charge in [-0.3, -0.25) is 0 Å². The second kappa shape index (κ2) is 4.81. The lowest BCUT2D eigenvalue weighted by molar-refractivity contribution is 0.454. The first-order valence-corrected chi connectivity index (χ1v) is 6.80. The maximum absolute atomic E-state index is 3.61. The van der Waals surface area contributed by atoms with Crippen molar-refractivity contribution in [2.24, 2.45) is 0 Å². The van der Waals surface area contributed by atoms with Crippen LogP contribution in [-0.4, -0.2) is 12.6 Å². The minimum absolute atomic E-state index is 0.277. The fraction of sp³-hybridized carbons (Fsp3) is 0.625. The van der Waals surface area contributed by atoms with Crippen molar-refractivity contribution in [1.82, 2.24) is 5.32 Å². The Balaban J connectivity index is 2.01. The molecule has 1 aliphatic rings. The number of hydrogen-bond acceptors (Lipinski definition) is 1. The minimum atomic E-state index is 0.277. The van der Waals surface area contributed by atoms with Crippen molar-refractivity contribution >= 4 is 0 Å². The number of aryl methyl sites for hydroxylation is 2. The first kappa shape index (κ1) is 12.6. The van der Waals surface area contributed by atoms with E-state index in [9.17, 15) is 0 Å². The van der Waals surface area contributed by atoms with Gasteiger partial charge in [0.15, 0.2) is 0 Å². The van der Waals surface area contributed by atoms with Gasteiger partial charge in [-0.25, -0.2) is 0 Å². The van der Waals surface area contributed by atoms with Gasteiger partial charge in [-0.15, -0.1) is 0 Å². The monoisotopic (exact) mass is 231 g/mol. The quantitative estimate of drug-likeness (QED) is 0.814. The van der Waals surface area contributed by atoms with E-state index in [2.05, 4.69) is 51.2 Å². The third-order valence-corrected chi connectivity index (χ3v) is 3.87. The average Bonchev–Trinajstić information content (AvgIpc) is 3.00. The van der Waals surface area contributed by atoms with Gasteiger partial charge in [-0.2, -0.15) is 0 Å². The normalized spacial score (nSPS) is 16.2. The summed E-state index contributed by atoms with van der Waals surface area (Å²) in [4.78, 5) is 0. The second-order valence-corrected chi connectivity index (χ2v) is 6.18. The van der Waals surface area contributed by atoms with Gasteiger partial charge in [-0.1, -0.05) is 37.6 Å². The van der Waals surface area contributed by atoms with Crippen LogP contribution in [0.3, 0.4) is 0 Å². The Bertz CT molecular complexity index is 389. The molecule has 1 nitrogen and oxygen atoms in total. The first-order valence-electron chi connectivity index (χ1n) is 6.80. The Kier molecular flexibility index (Phi) is 3.58. The highest BCUT2D eigenvalue weighted by molar-refractivity contribution is 5.35. The predicted molar refractivity (Wildman–Crippen MR) is 74.6 cm³/mol. The summed E-state index contributed by atoms with van der Waals surface area (Å²) >= 11 is 0. The molecule has 1 aromatic rings. The molecule has 0 aromatic heterocycles. The summed E-state index contributed by atoms with van der Waals surface area (Å²) in [7, 11) is 0. The Morgan fingerprint density at radius 3 is 2.53 bits per heavy atom. The molecule has 0 spiro atoms. The molecule has 0 atom stereocenters. The zero-order valence-corrected chi connectivity index (χ0v) is 11.6. The summed E-state index contributed by atoms with van der Waals surface area (Å²) in [5.41, 5.74) is 4.57. The molecule has 94 valence electrons. The van der Waals surface area contributed by atoms with E-state index in [0.717, 1.165) is 12.6 Å². The van der Waals surface area contributed by atoms with E-state index in [1.807, 2.05) is 0 Å². The molecule has 0 heterocycles. The van der Waals surface area contributed by atoms with Crippen LogP contribution in [0.25, 0.3) is 0 Å². The Labute approximate surface area is 106 Å². The SMILES string of the molecule is Cc1ccc(C(C)(C)CCNC2CC2)c(C)c1. The Morgan fingerprint density at radius 2 is 1.94 bits per heavy atom. The molecule has 1 aliphatic carbocycles. The molecule has 1 fully saturated rings. The van der Waals surface area contributed by atoms with Gasteiger partial charge in [0.2, 0.25) is 0 Å². The molecular formula is C16H25N. The lowest BCUT2D eigenvalue weighted by atomic mass is 9.79. The molecule has 0 aliphatic heterocycles. The molecule has 1 aromatic carbocycles. The zero-order valence-electron chi connectivity index (χ0n) is 11.6. The van der Waals surface area contributed by atoms with Crippen molar-refractivity contribution in [3.63, 3.8) is 0 Å². The molecule has 1 N–H and O–H groups in total. The minimum Gasteiger partial charge on any atom is -0.314 e. The molecule has 1 saturated carbocycles. The Morgan fingerprint density at radius 1 is 1.24 bits per heavy atom. The molecule has 0 amide bonds. The van der Waals surface area contributed by atoms with Crippen LogP contribution < -0.4 is 5.32 Å². The molecule has 0 unspecified atom stereocenters. The van der Waals surface area contributed by atoms with E-state index < -0.39 is 0 Å². The molecule has 17 heavy (non-hydrogen) atoms. The number of nitrogens with one attached hydrogen (secondary N) is 1. The fourth-order valence-electron chi connectivity index (χ4n) is 2.58. The van der Waals surface area contributed by atoms with Gasteiger partial charge in [0.1, 0.15) is 0 Å². The molecular weight excluding hydrogens is 206 g/mol. The van der Waals surface area contributed by atoms with Crippen molar-refractivity contribution in [3.8, 4) is 0 Å². The number of rotatable bonds is 5. The Hall–Kier alpha value is -0.820. The molecule has 0 bridgehead atoms. The highest BCUT2D eigenvalue weighted by atomic mass is 14.9. The van der Waals surface area contributed by atoms with Crippen LogP contribution >= 0.6 is 0 Å². The fourth-order valence-corrected chi connectivity index (χ4v) is 2.58. The largest absolute Gasteiger partial charge is 0.314 e. The predicted octanol–water partition coefficient (Wildman–Crippen LogP) is 3.72. The van der Waals surface area contributed by atoms with Crippen LogP contribution in [0.1, 0.15) is 49.8 Å². The van der Waals surface area contributed by atoms with Crippen molar-refractivity contribution in [2.45, 2.75) is 58.4 Å². The van der Waals surface area contributed by atoms with E-state index in [4.69, 9.17) is 0 Å². The van der Waals surface area contributed by atoms with Crippen LogP contribution in [0, 0.1) is 13.8 Å². The van der Waals surface area contributed by atoms with Crippen molar-refractivity contribution in [3.05, 3.63) is 34.9 Å². The van der Waals surface area contributed by atoms with Crippen LogP contribution in [0.2, 0.25) is 0 Å². The number of hydrogen-bond donors (Lipinski definition) is 1. The van der Waals surface area contributed by atoms with Gasteiger partial charge in [0, 0.05) is 6.04 Å². The van der Waals surface area contributed by atoms with Crippen molar-refractivity contribution in [1.29, 1.82) is 0 Å². The standard InChI is InChI=1S/C16H25N/c1-12-5-8-15(13(2)11-12)16(3,4)9-10-17-14-6-7-14/h5,8,11,14,17H,6-7,9-10H2,1-4H3. The van der Waals surface area contributed by atoms with E-state index in [0.29, 0.717) is 0 Å². The van der Waals surface area contributed by atoms with E-state index >= 15 is 0 Å². The van der Waals surface area contributed by atoms with Crippen molar-refractivity contribution in [2.75, 3.05) is 6.54 Å². The molecule has 1 heteroatoms. The average molecular weight is 231 g/mol. The van der Waals surface area contributed by atoms with Crippen LogP contribution in [0.5, 0.6) is 0 Å². The summed E-state index contributed by atoms with van der Waals surface area (Å²) in [6.07, 6.45) is 3.97. The lowest BCUT2D eigenvalue weighted by Gasteiger charge is -2.27. The lowest BCUT2D eigenvalue weighted by Crippen LogP contribution is -2.27. The molecule has 2 rings (SSSR count). The smallest absolute Gasteiger partial charge is 0.00682 e. The topological polar surface area (TPSA) is 12.0 Å². The summed E-state index contributed by atoms with van der Waals surface area (Å²) < 4.78 is 0. The van der Waals surface area contributed by atoms with Gasteiger partial charge >= 0.3 is 0 Å². The summed E-state index contributed by atoms with van der Waals surface area (Å²) in [5, 5.41) is 3.61. The summed E-state index contributed by atoms with van der Waals surface area (Å²) in [6, 6.07) is 7.66. The summed E-state index contributed by atoms with van der Waals surface area (Å²) in [5.74, 6) is 0. The van der Waals surface area contributed by atoms with Gasteiger partial charge in [0.05, 0.1) is 0 Å². The van der Waals surface area contributed by atoms with Crippen LogP contribution in [0.4, 0.5) is 0 Å². The van der Waals surface area contributed by atoms with Gasteiger partial charge in [0.25, 0.3) is 0 Å². The van der Waals surface area contributed by atoms with E-state index in [1.54, 1.807) is 0 Å². The third-order valence-electron chi connectivity index (χ3n) is 3.87. The molecule has 0 radical (unpaired) electrons. The van der Waals surface area contributed by atoms with Gasteiger partial charge in [-0.05, 0) is 56.2 Å². The van der Waals surface area contributed by atoms with E-state index in [-0.39, 0.29) is 5.41 Å². The molecule has 0 saturated heterocycles. The summed E-state index contributed by atoms with van der Waals surface area (Å²) in [6.45, 7) is 10.3. The van der Waals surface area contributed by atoms with Crippen LogP contribution in [0.15, 0.2) is 18.2 Å². The van der Waals surface area contributed by atoms with Gasteiger partial charge < -0.3 is 5.32 Å². The highest BCUT2D eigenvalue weighted by Crippen LogP contribution is 2.30. The third kappa shape index (κ3) is 3.32. The maximum Gasteiger partial charge on any atom is 0.00682 e. The van der Waals surface area contributed by atoms with E-state index in [1.165, 1.54) is 36.0 Å².